The summed E-state index contributed by atoms with van der Waals surface area (Å²) in [5.41, 5.74) is 3.04. The van der Waals surface area contributed by atoms with Crippen LogP contribution in [0.15, 0.2) is 33.9 Å². The first-order valence-corrected chi connectivity index (χ1v) is 8.56. The van der Waals surface area contributed by atoms with Gasteiger partial charge in [0.05, 0.1) is 15.2 Å². The molecule has 21 heavy (non-hydrogen) atoms. The van der Waals surface area contributed by atoms with E-state index in [1.54, 1.807) is 30.4 Å². The lowest BCUT2D eigenvalue weighted by molar-refractivity contribution is -0.385. The second-order valence-corrected chi connectivity index (χ2v) is 7.85. The first-order valence-electron chi connectivity index (χ1n) is 6.81. The summed E-state index contributed by atoms with van der Waals surface area (Å²) >= 11 is 3.69. The van der Waals surface area contributed by atoms with Gasteiger partial charge in [-0.3, -0.25) is 10.1 Å². The minimum absolute atomic E-state index is 0.170. The monoisotopic (exact) mass is 320 g/mol. The van der Waals surface area contributed by atoms with Gasteiger partial charge >= 0.3 is 0 Å². The highest BCUT2D eigenvalue weighted by atomic mass is 32.2. The Morgan fingerprint density at radius 1 is 1.38 bits per heavy atom. The largest absolute Gasteiger partial charge is 0.378 e. The number of nitro groups is 1. The highest BCUT2D eigenvalue weighted by Crippen LogP contribution is 2.45. The van der Waals surface area contributed by atoms with Crippen LogP contribution in [0.4, 0.5) is 11.4 Å². The molecule has 0 spiro atoms. The Morgan fingerprint density at radius 2 is 2.19 bits per heavy atom. The SMILES string of the molecule is Cc1c(NC2C[C@H](C)Sc3sccc32)cccc1[N+](=O)[O-]. The van der Waals surface area contributed by atoms with E-state index in [4.69, 9.17) is 0 Å². The van der Waals surface area contributed by atoms with E-state index in [1.165, 1.54) is 9.77 Å². The Morgan fingerprint density at radius 3 is 2.95 bits per heavy atom. The number of thioether (sulfide) groups is 1. The molecule has 110 valence electrons. The van der Waals surface area contributed by atoms with Crippen molar-refractivity contribution in [2.45, 2.75) is 35.8 Å². The number of nitrogens with one attached hydrogen (secondary N) is 1. The van der Waals surface area contributed by atoms with Gasteiger partial charge in [-0.15, -0.1) is 23.1 Å². The van der Waals surface area contributed by atoms with Crippen LogP contribution in [-0.2, 0) is 0 Å². The number of thiophene rings is 1. The minimum atomic E-state index is -0.324. The van der Waals surface area contributed by atoms with Crippen molar-refractivity contribution < 1.29 is 4.92 Å². The van der Waals surface area contributed by atoms with Crippen LogP contribution < -0.4 is 5.32 Å². The van der Waals surface area contributed by atoms with Gasteiger partial charge in [-0.2, -0.15) is 0 Å². The topological polar surface area (TPSA) is 55.2 Å². The molecule has 3 rings (SSSR count). The molecule has 0 amide bonds. The molecule has 4 nitrogen and oxygen atoms in total. The second-order valence-electron chi connectivity index (χ2n) is 5.23. The fraction of sp³-hybridized carbons (Fsp3) is 0.333. The molecule has 0 aliphatic carbocycles. The molecule has 0 fully saturated rings. The van der Waals surface area contributed by atoms with Crippen LogP contribution >= 0.6 is 23.1 Å². The Hall–Kier alpha value is -1.53. The van der Waals surface area contributed by atoms with Crippen molar-refractivity contribution in [3.8, 4) is 0 Å². The van der Waals surface area contributed by atoms with E-state index < -0.39 is 0 Å². The fourth-order valence-corrected chi connectivity index (χ4v) is 5.22. The molecular weight excluding hydrogens is 304 g/mol. The van der Waals surface area contributed by atoms with Gasteiger partial charge in [0.15, 0.2) is 0 Å². The molecule has 0 saturated carbocycles. The van der Waals surface area contributed by atoms with Gasteiger partial charge in [0, 0.05) is 22.6 Å². The Balaban J connectivity index is 1.92. The quantitative estimate of drug-likeness (QED) is 0.638. The number of fused-ring (bicyclic) bond motifs is 1. The molecule has 6 heteroatoms. The average Bonchev–Trinajstić information content (AvgIpc) is 2.88. The molecule has 2 heterocycles. The van der Waals surface area contributed by atoms with E-state index in [2.05, 4.69) is 23.7 Å². The number of benzene rings is 1. The zero-order valence-corrected chi connectivity index (χ0v) is 13.5. The predicted molar refractivity (Wildman–Crippen MR) is 88.5 cm³/mol. The molecule has 0 saturated heterocycles. The summed E-state index contributed by atoms with van der Waals surface area (Å²) in [5.74, 6) is 0. The minimum Gasteiger partial charge on any atom is -0.378 e. The molecule has 0 radical (unpaired) electrons. The zero-order chi connectivity index (χ0) is 15.0. The summed E-state index contributed by atoms with van der Waals surface area (Å²) < 4.78 is 1.36. The van der Waals surface area contributed by atoms with Crippen LogP contribution in [-0.4, -0.2) is 10.2 Å². The van der Waals surface area contributed by atoms with Crippen LogP contribution in [0.1, 0.15) is 30.5 Å². The number of hydrogen-bond acceptors (Lipinski definition) is 5. The maximum Gasteiger partial charge on any atom is 0.274 e. The van der Waals surface area contributed by atoms with Gasteiger partial charge in [-0.05, 0) is 36.4 Å². The van der Waals surface area contributed by atoms with Crippen molar-refractivity contribution in [3.05, 3.63) is 50.9 Å². The number of nitrogens with zero attached hydrogens (tertiary/aromatic N) is 1. The lowest BCUT2D eigenvalue weighted by Gasteiger charge is -2.28. The Kier molecular flexibility index (Phi) is 3.91. The van der Waals surface area contributed by atoms with Crippen LogP contribution in [0.3, 0.4) is 0 Å². The van der Waals surface area contributed by atoms with E-state index >= 15 is 0 Å². The smallest absolute Gasteiger partial charge is 0.274 e. The third kappa shape index (κ3) is 2.78. The van der Waals surface area contributed by atoms with Crippen LogP contribution in [0.25, 0.3) is 0 Å². The molecule has 1 aliphatic heterocycles. The lowest BCUT2D eigenvalue weighted by Crippen LogP contribution is -2.19. The van der Waals surface area contributed by atoms with Crippen molar-refractivity contribution in [2.75, 3.05) is 5.32 Å². The summed E-state index contributed by atoms with van der Waals surface area (Å²) in [6, 6.07) is 7.59. The summed E-state index contributed by atoms with van der Waals surface area (Å²) in [6.45, 7) is 4.03. The number of hydrogen-bond donors (Lipinski definition) is 1. The van der Waals surface area contributed by atoms with E-state index in [-0.39, 0.29) is 16.7 Å². The predicted octanol–water partition coefficient (Wildman–Crippen LogP) is 5.00. The third-order valence-electron chi connectivity index (χ3n) is 3.74. The molecule has 1 aliphatic rings. The fourth-order valence-electron chi connectivity index (χ4n) is 2.65. The molecular formula is C15H16N2O2S2. The van der Waals surface area contributed by atoms with Gasteiger partial charge in [-0.25, -0.2) is 0 Å². The molecule has 1 N–H and O–H groups in total. The van der Waals surface area contributed by atoms with E-state index in [0.717, 1.165) is 12.1 Å². The maximum absolute atomic E-state index is 11.1. The lowest BCUT2D eigenvalue weighted by atomic mass is 10.0. The number of rotatable bonds is 3. The van der Waals surface area contributed by atoms with E-state index in [1.807, 2.05) is 17.8 Å². The van der Waals surface area contributed by atoms with Gasteiger partial charge in [0.1, 0.15) is 0 Å². The van der Waals surface area contributed by atoms with Crippen molar-refractivity contribution in [2.24, 2.45) is 0 Å². The first-order chi connectivity index (χ1) is 10.1. The third-order valence-corrected chi connectivity index (χ3v) is 6.09. The number of anilines is 1. The standard InChI is InChI=1S/C15H16N2O2S2/c1-9-8-13(11-6-7-20-15(11)21-9)16-12-4-3-5-14(10(12)2)17(18)19/h3-7,9,13,16H,8H2,1-2H3/t9-,13?/m0/s1. The van der Waals surface area contributed by atoms with Crippen molar-refractivity contribution >= 4 is 34.5 Å². The van der Waals surface area contributed by atoms with Crippen molar-refractivity contribution in [1.29, 1.82) is 0 Å². The van der Waals surface area contributed by atoms with Crippen molar-refractivity contribution in [1.82, 2.24) is 0 Å². The zero-order valence-electron chi connectivity index (χ0n) is 11.8. The summed E-state index contributed by atoms with van der Waals surface area (Å²) in [7, 11) is 0. The molecule has 2 atom stereocenters. The number of nitro benzene ring substituents is 1. The highest BCUT2D eigenvalue weighted by Gasteiger charge is 2.27. The summed E-state index contributed by atoms with van der Waals surface area (Å²) in [6.07, 6.45) is 1.02. The second kappa shape index (κ2) is 5.69. The van der Waals surface area contributed by atoms with Crippen LogP contribution in [0.2, 0.25) is 0 Å². The van der Waals surface area contributed by atoms with Gasteiger partial charge < -0.3 is 5.32 Å². The molecule has 0 bridgehead atoms. The Bertz CT molecular complexity index is 684. The Labute approximate surface area is 131 Å². The van der Waals surface area contributed by atoms with Gasteiger partial charge in [0.2, 0.25) is 0 Å². The summed E-state index contributed by atoms with van der Waals surface area (Å²) in [4.78, 5) is 10.7. The molecule has 2 aromatic rings. The molecule has 1 aromatic heterocycles. The van der Waals surface area contributed by atoms with Gasteiger partial charge in [-0.1, -0.05) is 13.0 Å². The van der Waals surface area contributed by atoms with Crippen LogP contribution in [0, 0.1) is 17.0 Å². The maximum atomic E-state index is 11.1. The molecule has 1 unspecified atom stereocenters. The van der Waals surface area contributed by atoms with E-state index in [0.29, 0.717) is 10.8 Å². The highest BCUT2D eigenvalue weighted by molar-refractivity contribution is 8.01. The first kappa shape index (κ1) is 14.4. The van der Waals surface area contributed by atoms with Gasteiger partial charge in [0.25, 0.3) is 5.69 Å². The molecule has 1 aromatic carbocycles. The normalized spacial score (nSPS) is 20.9. The average molecular weight is 320 g/mol. The van der Waals surface area contributed by atoms with Crippen molar-refractivity contribution in [3.63, 3.8) is 0 Å². The van der Waals surface area contributed by atoms with Crippen LogP contribution in [0.5, 0.6) is 0 Å². The summed E-state index contributed by atoms with van der Waals surface area (Å²) in [5, 5.41) is 17.2. The van der Waals surface area contributed by atoms with E-state index in [9.17, 15) is 10.1 Å².